The van der Waals surface area contributed by atoms with Gasteiger partial charge in [-0.1, -0.05) is 13.8 Å². The van der Waals surface area contributed by atoms with Crippen LogP contribution in [0.3, 0.4) is 0 Å². The fourth-order valence-corrected chi connectivity index (χ4v) is 3.39. The first-order chi connectivity index (χ1) is 8.16. The van der Waals surface area contributed by atoms with E-state index in [9.17, 15) is 12.8 Å². The molecule has 0 aliphatic heterocycles. The van der Waals surface area contributed by atoms with E-state index < -0.39 is 15.8 Å². The summed E-state index contributed by atoms with van der Waals surface area (Å²) in [6, 6.07) is 1.15. The van der Waals surface area contributed by atoms with Crippen LogP contribution in [0.5, 0.6) is 0 Å². The van der Waals surface area contributed by atoms with Crippen LogP contribution in [0, 0.1) is 25.6 Å². The molecular formula is C12H19FN2O2S. The fraction of sp³-hybridized carbons (Fsp3) is 0.500. The third-order valence-corrected chi connectivity index (χ3v) is 4.37. The van der Waals surface area contributed by atoms with Crippen LogP contribution in [0.4, 0.5) is 10.1 Å². The molecule has 4 nitrogen and oxygen atoms in total. The van der Waals surface area contributed by atoms with Crippen LogP contribution >= 0.6 is 0 Å². The van der Waals surface area contributed by atoms with Crippen molar-refractivity contribution in [2.45, 2.75) is 32.6 Å². The molecule has 0 unspecified atom stereocenters. The summed E-state index contributed by atoms with van der Waals surface area (Å²) < 4.78 is 40.2. The van der Waals surface area contributed by atoms with E-state index in [2.05, 4.69) is 4.72 Å². The summed E-state index contributed by atoms with van der Waals surface area (Å²) in [5, 5.41) is 0. The SMILES string of the molecule is Cc1cc(F)c(N)c(C)c1S(=O)(=O)NCC(C)C. The number of nitrogens with two attached hydrogens (primary N) is 1. The Morgan fingerprint density at radius 2 is 1.94 bits per heavy atom. The van der Waals surface area contributed by atoms with Crippen LogP contribution in [0.15, 0.2) is 11.0 Å². The molecule has 3 N–H and O–H groups in total. The highest BCUT2D eigenvalue weighted by atomic mass is 32.2. The fourth-order valence-electron chi connectivity index (χ4n) is 1.69. The Morgan fingerprint density at radius 3 is 2.44 bits per heavy atom. The maximum absolute atomic E-state index is 13.4. The van der Waals surface area contributed by atoms with Crippen molar-refractivity contribution in [1.29, 1.82) is 0 Å². The van der Waals surface area contributed by atoms with Crippen LogP contribution in [0.2, 0.25) is 0 Å². The molecule has 0 aliphatic carbocycles. The summed E-state index contributed by atoms with van der Waals surface area (Å²) in [6.45, 7) is 7.20. The van der Waals surface area contributed by atoms with E-state index >= 15 is 0 Å². The first-order valence-electron chi connectivity index (χ1n) is 5.71. The van der Waals surface area contributed by atoms with Gasteiger partial charge in [-0.15, -0.1) is 0 Å². The first kappa shape index (κ1) is 14.9. The molecule has 0 fully saturated rings. The van der Waals surface area contributed by atoms with Gasteiger partial charge in [0.1, 0.15) is 5.82 Å². The normalized spacial score (nSPS) is 12.1. The highest BCUT2D eigenvalue weighted by Crippen LogP contribution is 2.27. The molecule has 0 saturated heterocycles. The number of halogens is 1. The van der Waals surface area contributed by atoms with Crippen LogP contribution in [-0.4, -0.2) is 15.0 Å². The number of nitrogen functional groups attached to an aromatic ring is 1. The standard InChI is InChI=1S/C12H19FN2O2S/c1-7(2)6-15-18(16,17)12-8(3)5-10(13)11(14)9(12)4/h5,7,15H,6,14H2,1-4H3. The van der Waals surface area contributed by atoms with Gasteiger partial charge < -0.3 is 5.73 Å². The third-order valence-electron chi connectivity index (χ3n) is 2.65. The van der Waals surface area contributed by atoms with Gasteiger partial charge in [0.2, 0.25) is 10.0 Å². The van der Waals surface area contributed by atoms with Crippen molar-refractivity contribution >= 4 is 15.7 Å². The molecular weight excluding hydrogens is 255 g/mol. The molecule has 102 valence electrons. The van der Waals surface area contributed by atoms with Crippen LogP contribution < -0.4 is 10.5 Å². The average molecular weight is 274 g/mol. The van der Waals surface area contributed by atoms with Crippen LogP contribution in [0.25, 0.3) is 0 Å². The minimum atomic E-state index is -3.65. The molecule has 6 heteroatoms. The maximum Gasteiger partial charge on any atom is 0.241 e. The number of sulfonamides is 1. The zero-order chi connectivity index (χ0) is 14.1. The second-order valence-corrected chi connectivity index (χ2v) is 6.49. The molecule has 18 heavy (non-hydrogen) atoms. The lowest BCUT2D eigenvalue weighted by molar-refractivity contribution is 0.558. The predicted molar refractivity (Wildman–Crippen MR) is 70.3 cm³/mol. The topological polar surface area (TPSA) is 72.2 Å². The van der Waals surface area contributed by atoms with Crippen molar-refractivity contribution in [1.82, 2.24) is 4.72 Å². The number of rotatable bonds is 4. The van der Waals surface area contributed by atoms with Crippen LogP contribution in [-0.2, 0) is 10.0 Å². The van der Waals surface area contributed by atoms with E-state index in [1.165, 1.54) is 6.92 Å². The largest absolute Gasteiger partial charge is 0.396 e. The van der Waals surface area contributed by atoms with E-state index in [-0.39, 0.29) is 22.1 Å². The van der Waals surface area contributed by atoms with Gasteiger partial charge in [0.25, 0.3) is 0 Å². The van der Waals surface area contributed by atoms with Crippen molar-refractivity contribution in [3.63, 3.8) is 0 Å². The third kappa shape index (κ3) is 3.00. The highest BCUT2D eigenvalue weighted by Gasteiger charge is 2.22. The molecule has 0 amide bonds. The Bertz CT molecular complexity index is 554. The Hall–Kier alpha value is -1.14. The van der Waals surface area contributed by atoms with E-state index in [4.69, 9.17) is 5.73 Å². The molecule has 1 aromatic carbocycles. The monoisotopic (exact) mass is 274 g/mol. The van der Waals surface area contributed by atoms with Crippen molar-refractivity contribution in [3.05, 3.63) is 23.0 Å². The minimum absolute atomic E-state index is 0.0713. The molecule has 0 atom stereocenters. The minimum Gasteiger partial charge on any atom is -0.396 e. The summed E-state index contributed by atoms with van der Waals surface area (Å²) in [5.41, 5.74) is 6.03. The van der Waals surface area contributed by atoms with E-state index in [1.807, 2.05) is 13.8 Å². The average Bonchev–Trinajstić information content (AvgIpc) is 2.23. The zero-order valence-electron chi connectivity index (χ0n) is 11.0. The highest BCUT2D eigenvalue weighted by molar-refractivity contribution is 7.89. The van der Waals surface area contributed by atoms with Gasteiger partial charge in [-0.25, -0.2) is 17.5 Å². The van der Waals surface area contributed by atoms with Gasteiger partial charge in [-0.2, -0.15) is 0 Å². The molecule has 1 rings (SSSR count). The summed E-state index contributed by atoms with van der Waals surface area (Å²) in [4.78, 5) is 0.0713. The van der Waals surface area contributed by atoms with E-state index in [0.717, 1.165) is 6.07 Å². The Kier molecular flexibility index (Phi) is 4.34. The second-order valence-electron chi connectivity index (χ2n) is 4.79. The first-order valence-corrected chi connectivity index (χ1v) is 7.20. The number of anilines is 1. The number of nitrogens with one attached hydrogen (secondary N) is 1. The summed E-state index contributed by atoms with van der Waals surface area (Å²) >= 11 is 0. The molecule has 0 saturated carbocycles. The summed E-state index contributed by atoms with van der Waals surface area (Å²) in [7, 11) is -3.65. The van der Waals surface area contributed by atoms with Crippen molar-refractivity contribution in [2.24, 2.45) is 5.92 Å². The van der Waals surface area contributed by atoms with Gasteiger partial charge in [0.05, 0.1) is 10.6 Å². The Labute approximate surface area is 107 Å². The zero-order valence-corrected chi connectivity index (χ0v) is 11.9. The molecule has 0 aliphatic rings. The number of hydrogen-bond donors (Lipinski definition) is 2. The van der Waals surface area contributed by atoms with Gasteiger partial charge >= 0.3 is 0 Å². The molecule has 0 radical (unpaired) electrons. The van der Waals surface area contributed by atoms with Gasteiger partial charge in [0, 0.05) is 6.54 Å². The van der Waals surface area contributed by atoms with Gasteiger partial charge in [-0.3, -0.25) is 0 Å². The van der Waals surface area contributed by atoms with Crippen molar-refractivity contribution in [3.8, 4) is 0 Å². The van der Waals surface area contributed by atoms with Crippen molar-refractivity contribution in [2.75, 3.05) is 12.3 Å². The quantitative estimate of drug-likeness (QED) is 0.824. The Morgan fingerprint density at radius 1 is 1.39 bits per heavy atom. The number of hydrogen-bond acceptors (Lipinski definition) is 3. The summed E-state index contributed by atoms with van der Waals surface area (Å²) in [5.74, 6) is -0.397. The molecule has 0 heterocycles. The smallest absolute Gasteiger partial charge is 0.241 e. The van der Waals surface area contributed by atoms with Gasteiger partial charge in [0.15, 0.2) is 0 Å². The second kappa shape index (κ2) is 5.24. The lowest BCUT2D eigenvalue weighted by atomic mass is 10.1. The Balaban J connectivity index is 3.29. The molecule has 0 bridgehead atoms. The molecule has 1 aromatic rings. The van der Waals surface area contributed by atoms with E-state index in [0.29, 0.717) is 12.1 Å². The maximum atomic E-state index is 13.4. The molecule has 0 aromatic heterocycles. The van der Waals surface area contributed by atoms with E-state index in [1.54, 1.807) is 6.92 Å². The lowest BCUT2D eigenvalue weighted by Gasteiger charge is -2.15. The van der Waals surface area contributed by atoms with Crippen LogP contribution in [0.1, 0.15) is 25.0 Å². The number of aryl methyl sites for hydroxylation is 1. The molecule has 0 spiro atoms. The summed E-state index contributed by atoms with van der Waals surface area (Å²) in [6.07, 6.45) is 0. The predicted octanol–water partition coefficient (Wildman–Crippen LogP) is 1.96. The van der Waals surface area contributed by atoms with Crippen molar-refractivity contribution < 1.29 is 12.8 Å². The lowest BCUT2D eigenvalue weighted by Crippen LogP contribution is -2.29. The number of benzene rings is 1. The van der Waals surface area contributed by atoms with Gasteiger partial charge in [-0.05, 0) is 37.0 Å².